The first-order valence-electron chi connectivity index (χ1n) is 6.19. The van der Waals surface area contributed by atoms with E-state index in [1.165, 1.54) is 0 Å². The van der Waals surface area contributed by atoms with Crippen molar-refractivity contribution >= 4 is 11.9 Å². The van der Waals surface area contributed by atoms with E-state index in [2.05, 4.69) is 15.6 Å². The molecule has 0 saturated carbocycles. The molecule has 0 aromatic heterocycles. The number of nitrogens with one attached hydrogen (secondary N) is 2. The van der Waals surface area contributed by atoms with Crippen LogP contribution in [0, 0.1) is 13.8 Å². The van der Waals surface area contributed by atoms with Crippen LogP contribution < -0.4 is 10.6 Å². The molecule has 0 aliphatic carbocycles. The molecule has 1 aliphatic heterocycles. The molecule has 96 valence electrons. The summed E-state index contributed by atoms with van der Waals surface area (Å²) in [5.41, 5.74) is 3.22. The molecular formula is C14H19N3O. The third kappa shape index (κ3) is 2.53. The van der Waals surface area contributed by atoms with Crippen molar-refractivity contribution in [2.75, 3.05) is 0 Å². The maximum absolute atomic E-state index is 12.0. The monoisotopic (exact) mass is 245 g/mol. The standard InChI is InChI=1S/C14H19N3O/c1-8(2)15-14-16-12(13(18)17-14)11-7-9(3)5-6-10(11)4/h5-8,12H,1-4H3,(H2,15,16,17,18). The fraction of sp³-hybridized carbons (Fsp3) is 0.429. The Morgan fingerprint density at radius 3 is 2.72 bits per heavy atom. The van der Waals surface area contributed by atoms with E-state index in [1.54, 1.807) is 0 Å². The van der Waals surface area contributed by atoms with Crippen molar-refractivity contribution in [3.05, 3.63) is 34.9 Å². The summed E-state index contributed by atoms with van der Waals surface area (Å²) < 4.78 is 0. The second-order valence-electron chi connectivity index (χ2n) is 5.03. The van der Waals surface area contributed by atoms with Crippen LogP contribution in [0.3, 0.4) is 0 Å². The quantitative estimate of drug-likeness (QED) is 0.835. The number of hydrogen-bond acceptors (Lipinski definition) is 3. The van der Waals surface area contributed by atoms with Crippen LogP contribution in [0.1, 0.15) is 36.6 Å². The molecule has 1 atom stereocenters. The van der Waals surface area contributed by atoms with Gasteiger partial charge in [-0.2, -0.15) is 0 Å². The van der Waals surface area contributed by atoms with Gasteiger partial charge in [-0.3, -0.25) is 10.1 Å². The topological polar surface area (TPSA) is 53.5 Å². The average Bonchev–Trinajstić information content (AvgIpc) is 2.62. The minimum absolute atomic E-state index is 0.0631. The number of amides is 1. The first kappa shape index (κ1) is 12.6. The van der Waals surface area contributed by atoms with Crippen molar-refractivity contribution in [3.63, 3.8) is 0 Å². The molecule has 0 saturated heterocycles. The number of carbonyl (C=O) groups excluding carboxylic acids is 1. The molecule has 0 radical (unpaired) electrons. The number of hydrogen-bond donors (Lipinski definition) is 2. The third-order valence-electron chi connectivity index (χ3n) is 2.90. The van der Waals surface area contributed by atoms with E-state index < -0.39 is 6.04 Å². The number of rotatable bonds is 2. The van der Waals surface area contributed by atoms with Gasteiger partial charge in [-0.25, -0.2) is 4.99 Å². The predicted octanol–water partition coefficient (Wildman–Crippen LogP) is 1.83. The van der Waals surface area contributed by atoms with Gasteiger partial charge in [0.2, 0.25) is 0 Å². The Bertz CT molecular complexity index is 506. The summed E-state index contributed by atoms with van der Waals surface area (Å²) in [4.78, 5) is 16.4. The molecule has 1 aromatic carbocycles. The Morgan fingerprint density at radius 1 is 1.33 bits per heavy atom. The summed E-state index contributed by atoms with van der Waals surface area (Å²) in [6.45, 7) is 8.05. The van der Waals surface area contributed by atoms with Gasteiger partial charge in [0.1, 0.15) is 0 Å². The number of nitrogens with zero attached hydrogens (tertiary/aromatic N) is 1. The Kier molecular flexibility index (Phi) is 3.36. The Labute approximate surface area is 108 Å². The van der Waals surface area contributed by atoms with Crippen LogP contribution in [-0.2, 0) is 4.79 Å². The minimum Gasteiger partial charge on any atom is -0.354 e. The van der Waals surface area contributed by atoms with E-state index in [9.17, 15) is 4.79 Å². The van der Waals surface area contributed by atoms with E-state index in [-0.39, 0.29) is 11.9 Å². The average molecular weight is 245 g/mol. The summed E-state index contributed by atoms with van der Waals surface area (Å²) in [6.07, 6.45) is 0. The van der Waals surface area contributed by atoms with Crippen LogP contribution >= 0.6 is 0 Å². The lowest BCUT2D eigenvalue weighted by Crippen LogP contribution is -2.40. The summed E-state index contributed by atoms with van der Waals surface area (Å²) in [5.74, 6) is 0.507. The second-order valence-corrected chi connectivity index (χ2v) is 5.03. The lowest BCUT2D eigenvalue weighted by Gasteiger charge is -2.09. The van der Waals surface area contributed by atoms with E-state index >= 15 is 0 Å². The zero-order chi connectivity index (χ0) is 13.3. The molecule has 18 heavy (non-hydrogen) atoms. The van der Waals surface area contributed by atoms with Crippen molar-refractivity contribution in [2.24, 2.45) is 4.99 Å². The number of aryl methyl sites for hydroxylation is 2. The van der Waals surface area contributed by atoms with Gasteiger partial charge in [0.15, 0.2) is 12.0 Å². The van der Waals surface area contributed by atoms with Gasteiger partial charge < -0.3 is 5.32 Å². The van der Waals surface area contributed by atoms with Crippen LogP contribution in [0.2, 0.25) is 0 Å². The van der Waals surface area contributed by atoms with Crippen molar-refractivity contribution < 1.29 is 4.79 Å². The lowest BCUT2D eigenvalue weighted by molar-refractivity contribution is -0.120. The smallest absolute Gasteiger partial charge is 0.256 e. The molecule has 4 nitrogen and oxygen atoms in total. The van der Waals surface area contributed by atoms with Crippen LogP contribution in [0.4, 0.5) is 0 Å². The van der Waals surface area contributed by atoms with Crippen LogP contribution in [-0.4, -0.2) is 17.9 Å². The van der Waals surface area contributed by atoms with Crippen molar-refractivity contribution in [2.45, 2.75) is 39.8 Å². The number of aliphatic imine (C=N–C) groups is 1. The van der Waals surface area contributed by atoms with E-state index in [0.717, 1.165) is 16.7 Å². The summed E-state index contributed by atoms with van der Waals surface area (Å²) in [7, 11) is 0. The predicted molar refractivity (Wildman–Crippen MR) is 72.5 cm³/mol. The zero-order valence-electron chi connectivity index (χ0n) is 11.2. The van der Waals surface area contributed by atoms with Gasteiger partial charge in [0, 0.05) is 6.04 Å². The number of guanidine groups is 1. The van der Waals surface area contributed by atoms with Gasteiger partial charge >= 0.3 is 0 Å². The fourth-order valence-electron chi connectivity index (χ4n) is 2.02. The molecule has 1 amide bonds. The van der Waals surface area contributed by atoms with Gasteiger partial charge in [-0.05, 0) is 38.8 Å². The van der Waals surface area contributed by atoms with E-state index in [0.29, 0.717) is 5.96 Å². The van der Waals surface area contributed by atoms with E-state index in [1.807, 2.05) is 45.9 Å². The second kappa shape index (κ2) is 4.80. The van der Waals surface area contributed by atoms with Crippen LogP contribution in [0.5, 0.6) is 0 Å². The number of benzene rings is 1. The van der Waals surface area contributed by atoms with Gasteiger partial charge in [0.25, 0.3) is 5.91 Å². The first-order chi connectivity index (χ1) is 8.47. The molecule has 0 fully saturated rings. The Balaban J connectivity index is 2.30. The highest BCUT2D eigenvalue weighted by atomic mass is 16.2. The molecular weight excluding hydrogens is 226 g/mol. The van der Waals surface area contributed by atoms with Crippen molar-refractivity contribution in [1.82, 2.24) is 10.6 Å². The summed E-state index contributed by atoms with van der Waals surface area (Å²) >= 11 is 0. The molecule has 0 bridgehead atoms. The lowest BCUT2D eigenvalue weighted by atomic mass is 9.99. The molecule has 2 N–H and O–H groups in total. The first-order valence-corrected chi connectivity index (χ1v) is 6.19. The highest BCUT2D eigenvalue weighted by Gasteiger charge is 2.29. The fourth-order valence-corrected chi connectivity index (χ4v) is 2.02. The normalized spacial score (nSPS) is 18.8. The molecule has 2 rings (SSSR count). The minimum atomic E-state index is -0.425. The Hall–Kier alpha value is -1.84. The SMILES string of the molecule is Cc1ccc(C)c(C2N=C(NC(C)C)NC2=O)c1. The van der Waals surface area contributed by atoms with Crippen LogP contribution in [0.15, 0.2) is 23.2 Å². The Morgan fingerprint density at radius 2 is 2.06 bits per heavy atom. The van der Waals surface area contributed by atoms with Gasteiger partial charge in [-0.1, -0.05) is 23.8 Å². The van der Waals surface area contributed by atoms with Gasteiger partial charge in [0.05, 0.1) is 0 Å². The largest absolute Gasteiger partial charge is 0.354 e. The van der Waals surface area contributed by atoms with Crippen molar-refractivity contribution in [3.8, 4) is 0 Å². The third-order valence-corrected chi connectivity index (χ3v) is 2.90. The molecule has 1 aliphatic rings. The molecule has 1 heterocycles. The molecule has 4 heteroatoms. The molecule has 1 aromatic rings. The molecule has 1 unspecified atom stereocenters. The highest BCUT2D eigenvalue weighted by Crippen LogP contribution is 2.25. The molecule has 0 spiro atoms. The zero-order valence-corrected chi connectivity index (χ0v) is 11.2. The van der Waals surface area contributed by atoms with Gasteiger partial charge in [-0.15, -0.1) is 0 Å². The summed E-state index contributed by atoms with van der Waals surface area (Å²) in [6, 6.07) is 5.93. The van der Waals surface area contributed by atoms with Crippen LogP contribution in [0.25, 0.3) is 0 Å². The van der Waals surface area contributed by atoms with E-state index in [4.69, 9.17) is 0 Å². The summed E-state index contributed by atoms with van der Waals surface area (Å²) in [5, 5.41) is 5.90. The highest BCUT2D eigenvalue weighted by molar-refractivity contribution is 6.05. The van der Waals surface area contributed by atoms with Crippen molar-refractivity contribution in [1.29, 1.82) is 0 Å². The maximum atomic E-state index is 12.0. The maximum Gasteiger partial charge on any atom is 0.256 e. The number of carbonyl (C=O) groups is 1.